The van der Waals surface area contributed by atoms with Crippen molar-refractivity contribution < 1.29 is 27.9 Å². The van der Waals surface area contributed by atoms with E-state index in [9.17, 15) is 23.1 Å². The van der Waals surface area contributed by atoms with Crippen LogP contribution in [0.4, 0.5) is 0 Å². The standard InChI is InChI=1S/C16H25N3O6S/c1-18-11-12(26(23,24)19-7-4-3-5-8-19)10-14(18)15(20)17-13(16(21)22)6-9-25-2/h10-11,13H,3-9H2,1-2H3,(H,17,20)(H,21,22). The van der Waals surface area contributed by atoms with Crippen LogP contribution in [0.2, 0.25) is 0 Å². The average Bonchev–Trinajstić information content (AvgIpc) is 3.01. The molecule has 0 aliphatic carbocycles. The van der Waals surface area contributed by atoms with Gasteiger partial charge in [0.2, 0.25) is 10.0 Å². The van der Waals surface area contributed by atoms with Crippen molar-refractivity contribution in [3.63, 3.8) is 0 Å². The number of nitrogens with zero attached hydrogens (tertiary/aromatic N) is 2. The number of nitrogens with one attached hydrogen (secondary N) is 1. The van der Waals surface area contributed by atoms with Crippen molar-refractivity contribution >= 4 is 21.9 Å². The second kappa shape index (κ2) is 8.65. The minimum absolute atomic E-state index is 0.0378. The highest BCUT2D eigenvalue weighted by Gasteiger charge is 2.29. The highest BCUT2D eigenvalue weighted by atomic mass is 32.2. The van der Waals surface area contributed by atoms with Gasteiger partial charge in [-0.1, -0.05) is 6.42 Å². The lowest BCUT2D eigenvalue weighted by atomic mass is 10.2. The lowest BCUT2D eigenvalue weighted by Gasteiger charge is -2.25. The number of aromatic nitrogens is 1. The first-order valence-corrected chi connectivity index (χ1v) is 9.90. The Labute approximate surface area is 153 Å². The van der Waals surface area contributed by atoms with Crippen LogP contribution in [0.15, 0.2) is 17.2 Å². The minimum Gasteiger partial charge on any atom is -0.480 e. The molecule has 2 rings (SSSR count). The van der Waals surface area contributed by atoms with Crippen LogP contribution < -0.4 is 5.32 Å². The lowest BCUT2D eigenvalue weighted by Crippen LogP contribution is -2.42. The third-order valence-electron chi connectivity index (χ3n) is 4.38. The van der Waals surface area contributed by atoms with E-state index >= 15 is 0 Å². The molecule has 2 heterocycles. The van der Waals surface area contributed by atoms with Gasteiger partial charge in [-0.2, -0.15) is 4.31 Å². The average molecular weight is 387 g/mol. The van der Waals surface area contributed by atoms with Crippen LogP contribution in [-0.4, -0.2) is 67.1 Å². The summed E-state index contributed by atoms with van der Waals surface area (Å²) in [5.74, 6) is -1.82. The van der Waals surface area contributed by atoms with Gasteiger partial charge in [0.1, 0.15) is 16.6 Å². The number of piperidine rings is 1. The summed E-state index contributed by atoms with van der Waals surface area (Å²) in [5.41, 5.74) is 0.0873. The Morgan fingerprint density at radius 1 is 1.31 bits per heavy atom. The number of hydrogen-bond donors (Lipinski definition) is 2. The van der Waals surface area contributed by atoms with E-state index in [1.807, 2.05) is 0 Å². The molecule has 26 heavy (non-hydrogen) atoms. The summed E-state index contributed by atoms with van der Waals surface area (Å²) in [6.07, 6.45) is 4.13. The predicted octanol–water partition coefficient (Wildman–Crippen LogP) is 0.419. The number of carbonyl (C=O) groups excluding carboxylic acids is 1. The number of carboxylic acids is 1. The van der Waals surface area contributed by atoms with Crippen molar-refractivity contribution in [1.29, 1.82) is 0 Å². The summed E-state index contributed by atoms with van der Waals surface area (Å²) >= 11 is 0. The molecular formula is C16H25N3O6S. The van der Waals surface area contributed by atoms with E-state index in [2.05, 4.69) is 5.32 Å². The van der Waals surface area contributed by atoms with Crippen LogP contribution in [0.5, 0.6) is 0 Å². The molecule has 1 fully saturated rings. The molecule has 1 aromatic rings. The first-order chi connectivity index (χ1) is 12.3. The summed E-state index contributed by atoms with van der Waals surface area (Å²) in [6.45, 7) is 1.12. The monoisotopic (exact) mass is 387 g/mol. The zero-order valence-electron chi connectivity index (χ0n) is 15.0. The Morgan fingerprint density at radius 3 is 2.54 bits per heavy atom. The van der Waals surface area contributed by atoms with Crippen LogP contribution in [0, 0.1) is 0 Å². The molecule has 1 aliphatic rings. The van der Waals surface area contributed by atoms with Crippen LogP contribution in [0.3, 0.4) is 0 Å². The number of aryl methyl sites for hydroxylation is 1. The summed E-state index contributed by atoms with van der Waals surface area (Å²) in [4.78, 5) is 23.7. The third-order valence-corrected chi connectivity index (χ3v) is 6.24. The van der Waals surface area contributed by atoms with Crippen molar-refractivity contribution in [3.8, 4) is 0 Å². The number of hydrogen-bond acceptors (Lipinski definition) is 5. The first kappa shape index (κ1) is 20.4. The molecule has 0 spiro atoms. The second-order valence-electron chi connectivity index (χ2n) is 6.28. The highest BCUT2D eigenvalue weighted by Crippen LogP contribution is 2.22. The van der Waals surface area contributed by atoms with Crippen LogP contribution in [0.25, 0.3) is 0 Å². The largest absolute Gasteiger partial charge is 0.480 e. The Kier molecular flexibility index (Phi) is 6.79. The van der Waals surface area contributed by atoms with E-state index in [4.69, 9.17) is 4.74 Å². The summed E-state index contributed by atoms with van der Waals surface area (Å²) < 4.78 is 33.1. The van der Waals surface area contributed by atoms with Gasteiger partial charge >= 0.3 is 5.97 Å². The number of methoxy groups -OCH3 is 1. The predicted molar refractivity (Wildman–Crippen MR) is 93.4 cm³/mol. The fraction of sp³-hybridized carbons (Fsp3) is 0.625. The quantitative estimate of drug-likeness (QED) is 0.667. The van der Waals surface area contributed by atoms with Crippen molar-refractivity contribution in [3.05, 3.63) is 18.0 Å². The topological polar surface area (TPSA) is 118 Å². The van der Waals surface area contributed by atoms with Crippen LogP contribution >= 0.6 is 0 Å². The molecule has 1 saturated heterocycles. The smallest absolute Gasteiger partial charge is 0.326 e. The van der Waals surface area contributed by atoms with E-state index in [0.717, 1.165) is 19.3 Å². The zero-order valence-corrected chi connectivity index (χ0v) is 15.8. The second-order valence-corrected chi connectivity index (χ2v) is 8.22. The molecule has 1 aromatic heterocycles. The van der Waals surface area contributed by atoms with Crippen molar-refractivity contribution in [2.24, 2.45) is 7.05 Å². The van der Waals surface area contributed by atoms with Gasteiger partial charge in [0.25, 0.3) is 5.91 Å². The number of ether oxygens (including phenoxy) is 1. The number of amides is 1. The van der Waals surface area contributed by atoms with Gasteiger partial charge in [0.15, 0.2) is 0 Å². The fourth-order valence-corrected chi connectivity index (χ4v) is 4.47. The Hall–Kier alpha value is -1.91. The maximum atomic E-state index is 12.7. The Balaban J connectivity index is 2.18. The highest BCUT2D eigenvalue weighted by molar-refractivity contribution is 7.89. The van der Waals surface area contributed by atoms with E-state index in [0.29, 0.717) is 13.1 Å². The van der Waals surface area contributed by atoms with Gasteiger partial charge in [-0.3, -0.25) is 4.79 Å². The van der Waals surface area contributed by atoms with Gasteiger partial charge in [-0.25, -0.2) is 13.2 Å². The molecule has 0 aromatic carbocycles. The number of aliphatic carboxylic acids is 1. The summed E-state index contributed by atoms with van der Waals surface area (Å²) in [7, 11) is -0.669. The minimum atomic E-state index is -3.66. The third kappa shape index (κ3) is 4.63. The van der Waals surface area contributed by atoms with E-state index < -0.39 is 27.9 Å². The molecule has 0 saturated carbocycles. The van der Waals surface area contributed by atoms with Gasteiger partial charge in [0, 0.05) is 46.5 Å². The van der Waals surface area contributed by atoms with E-state index in [1.165, 1.54) is 28.2 Å². The normalized spacial score (nSPS) is 17.0. The van der Waals surface area contributed by atoms with Crippen molar-refractivity contribution in [2.75, 3.05) is 26.8 Å². The van der Waals surface area contributed by atoms with Gasteiger partial charge in [-0.05, 0) is 18.9 Å². The molecule has 146 valence electrons. The summed E-state index contributed by atoms with van der Waals surface area (Å²) in [6, 6.07) is 0.175. The zero-order chi connectivity index (χ0) is 19.3. The number of sulfonamides is 1. The molecule has 0 radical (unpaired) electrons. The number of rotatable bonds is 8. The van der Waals surface area contributed by atoms with Gasteiger partial charge < -0.3 is 19.7 Å². The maximum absolute atomic E-state index is 12.7. The molecule has 2 N–H and O–H groups in total. The van der Waals surface area contributed by atoms with Crippen molar-refractivity contribution in [2.45, 2.75) is 36.6 Å². The number of carboxylic acid groups (broad SMARTS) is 1. The summed E-state index contributed by atoms with van der Waals surface area (Å²) in [5, 5.41) is 11.6. The first-order valence-electron chi connectivity index (χ1n) is 8.46. The molecule has 1 aliphatic heterocycles. The molecule has 1 amide bonds. The van der Waals surface area contributed by atoms with Crippen LogP contribution in [0.1, 0.15) is 36.2 Å². The molecular weight excluding hydrogens is 362 g/mol. The Bertz CT molecular complexity index is 752. The van der Waals surface area contributed by atoms with Gasteiger partial charge in [0.05, 0.1) is 0 Å². The lowest BCUT2D eigenvalue weighted by molar-refractivity contribution is -0.139. The maximum Gasteiger partial charge on any atom is 0.326 e. The SMILES string of the molecule is COCCC(NC(=O)c1cc(S(=O)(=O)N2CCCCC2)cn1C)C(=O)O. The molecule has 9 nitrogen and oxygen atoms in total. The molecule has 1 unspecified atom stereocenters. The van der Waals surface area contributed by atoms with E-state index in [1.54, 1.807) is 7.05 Å². The van der Waals surface area contributed by atoms with E-state index in [-0.39, 0.29) is 23.6 Å². The van der Waals surface area contributed by atoms with Crippen molar-refractivity contribution in [1.82, 2.24) is 14.2 Å². The Morgan fingerprint density at radius 2 is 1.96 bits per heavy atom. The fourth-order valence-electron chi connectivity index (χ4n) is 2.88. The molecule has 1 atom stereocenters. The molecule has 0 bridgehead atoms. The molecule has 10 heteroatoms. The number of carbonyl (C=O) groups is 2. The van der Waals surface area contributed by atoms with Gasteiger partial charge in [-0.15, -0.1) is 0 Å². The van der Waals surface area contributed by atoms with Crippen LogP contribution in [-0.2, 0) is 26.6 Å².